The van der Waals surface area contributed by atoms with Gasteiger partial charge in [0.2, 0.25) is 0 Å². The van der Waals surface area contributed by atoms with Gasteiger partial charge in [-0.15, -0.1) is 0 Å². The number of nitrogen functional groups attached to an aromatic ring is 1. The van der Waals surface area contributed by atoms with Crippen molar-refractivity contribution < 1.29 is 22.7 Å². The molecule has 2 aromatic carbocycles. The molecule has 0 radical (unpaired) electrons. The van der Waals surface area contributed by atoms with Crippen LogP contribution in [-0.2, 0) is 17.5 Å². The predicted octanol–water partition coefficient (Wildman–Crippen LogP) is 5.96. The van der Waals surface area contributed by atoms with Crippen LogP contribution >= 0.6 is 0 Å². The SMILES string of the molecule is Nc1ncnc2c1c(-c1ccc(NC(=O)OCc3ccccc3)c(C(F)(F)F)c1)nn2C1CCCC1. The van der Waals surface area contributed by atoms with Crippen LogP contribution in [0.3, 0.4) is 0 Å². The molecule has 1 saturated carbocycles. The van der Waals surface area contributed by atoms with Crippen LogP contribution in [-0.4, -0.2) is 25.8 Å². The number of ether oxygens (including phenoxy) is 1. The summed E-state index contributed by atoms with van der Waals surface area (Å²) >= 11 is 0. The van der Waals surface area contributed by atoms with Gasteiger partial charge in [0, 0.05) is 5.56 Å². The molecule has 1 aliphatic rings. The zero-order valence-corrected chi connectivity index (χ0v) is 19.1. The second-order valence-electron chi connectivity index (χ2n) is 8.63. The van der Waals surface area contributed by atoms with Gasteiger partial charge in [-0.05, 0) is 30.5 Å². The van der Waals surface area contributed by atoms with Crippen molar-refractivity contribution in [1.82, 2.24) is 19.7 Å². The predicted molar refractivity (Wildman–Crippen MR) is 128 cm³/mol. The Labute approximate surface area is 204 Å². The van der Waals surface area contributed by atoms with Gasteiger partial charge < -0.3 is 10.5 Å². The molecule has 186 valence electrons. The lowest BCUT2D eigenvalue weighted by Gasteiger charge is -2.15. The van der Waals surface area contributed by atoms with E-state index in [1.807, 2.05) is 0 Å². The molecular formula is C25H23F3N6O2. The molecule has 8 nitrogen and oxygen atoms in total. The number of aromatic nitrogens is 4. The Bertz CT molecular complexity index is 1400. The summed E-state index contributed by atoms with van der Waals surface area (Å²) in [5, 5.41) is 7.25. The molecule has 0 bridgehead atoms. The van der Waals surface area contributed by atoms with E-state index in [0.717, 1.165) is 31.7 Å². The number of hydrogen-bond acceptors (Lipinski definition) is 6. The normalized spacial score (nSPS) is 14.3. The molecule has 0 unspecified atom stereocenters. The Morgan fingerprint density at radius 3 is 2.58 bits per heavy atom. The Kier molecular flexibility index (Phi) is 6.21. The first kappa shape index (κ1) is 23.6. The van der Waals surface area contributed by atoms with Crippen LogP contribution < -0.4 is 11.1 Å². The van der Waals surface area contributed by atoms with Gasteiger partial charge in [0.1, 0.15) is 24.4 Å². The first-order valence-electron chi connectivity index (χ1n) is 11.5. The van der Waals surface area contributed by atoms with E-state index in [9.17, 15) is 18.0 Å². The monoisotopic (exact) mass is 496 g/mol. The van der Waals surface area contributed by atoms with E-state index in [0.29, 0.717) is 16.6 Å². The minimum atomic E-state index is -4.75. The number of nitrogens with two attached hydrogens (primary N) is 1. The molecule has 0 saturated heterocycles. The molecule has 1 amide bonds. The fraction of sp³-hybridized carbons (Fsp3) is 0.280. The van der Waals surface area contributed by atoms with Gasteiger partial charge in [0.25, 0.3) is 0 Å². The summed E-state index contributed by atoms with van der Waals surface area (Å²) in [6, 6.07) is 12.5. The number of halogens is 3. The van der Waals surface area contributed by atoms with Crippen molar-refractivity contribution in [2.45, 2.75) is 44.5 Å². The molecule has 36 heavy (non-hydrogen) atoms. The average Bonchev–Trinajstić information content (AvgIpc) is 3.52. The molecule has 5 rings (SSSR count). The maximum Gasteiger partial charge on any atom is 0.418 e. The lowest BCUT2D eigenvalue weighted by atomic mass is 10.0. The van der Waals surface area contributed by atoms with E-state index in [2.05, 4.69) is 20.4 Å². The highest BCUT2D eigenvalue weighted by Crippen LogP contribution is 2.40. The fourth-order valence-electron chi connectivity index (χ4n) is 4.51. The number of amides is 1. The molecule has 2 aromatic heterocycles. The Morgan fingerprint density at radius 2 is 1.86 bits per heavy atom. The number of carbonyl (C=O) groups excluding carboxylic acids is 1. The third-order valence-corrected chi connectivity index (χ3v) is 6.24. The Hall–Kier alpha value is -4.15. The summed E-state index contributed by atoms with van der Waals surface area (Å²) in [6.45, 7) is -0.0734. The van der Waals surface area contributed by atoms with E-state index in [4.69, 9.17) is 10.5 Å². The van der Waals surface area contributed by atoms with E-state index < -0.39 is 23.5 Å². The number of rotatable bonds is 5. The average molecular weight is 496 g/mol. The van der Waals surface area contributed by atoms with Crippen molar-refractivity contribution in [2.24, 2.45) is 0 Å². The highest BCUT2D eigenvalue weighted by Gasteiger charge is 2.35. The van der Waals surface area contributed by atoms with Gasteiger partial charge in [-0.1, -0.05) is 49.2 Å². The second kappa shape index (κ2) is 9.48. The molecule has 11 heteroatoms. The number of nitrogens with zero attached hydrogens (tertiary/aromatic N) is 4. The van der Waals surface area contributed by atoms with Crippen molar-refractivity contribution >= 4 is 28.6 Å². The highest BCUT2D eigenvalue weighted by molar-refractivity contribution is 5.99. The summed E-state index contributed by atoms with van der Waals surface area (Å²) in [6.07, 6.45) is -0.523. The summed E-state index contributed by atoms with van der Waals surface area (Å²) in [5.41, 5.74) is 6.31. The van der Waals surface area contributed by atoms with Gasteiger partial charge in [0.05, 0.1) is 22.7 Å². The standard InChI is InChI=1S/C25H23F3N6O2/c26-25(27,28)18-12-16(10-11-19(18)32-24(35)36-13-15-6-2-1-3-7-15)21-20-22(29)30-14-31-23(20)34(33-21)17-8-4-5-9-17/h1-3,6-7,10-12,14,17H,4-5,8-9,13H2,(H,32,35)(H2,29,30,31). The third kappa shape index (κ3) is 4.68. The summed E-state index contributed by atoms with van der Waals surface area (Å²) < 4.78 is 48.9. The van der Waals surface area contributed by atoms with Crippen molar-refractivity contribution in [3.05, 3.63) is 66.0 Å². The molecular weight excluding hydrogens is 473 g/mol. The van der Waals surface area contributed by atoms with Crippen molar-refractivity contribution in [3.8, 4) is 11.3 Å². The number of fused-ring (bicyclic) bond motifs is 1. The number of nitrogens with one attached hydrogen (secondary N) is 1. The number of alkyl halides is 3. The zero-order valence-electron chi connectivity index (χ0n) is 19.1. The lowest BCUT2D eigenvalue weighted by Crippen LogP contribution is -2.17. The number of hydrogen-bond donors (Lipinski definition) is 2. The maximum atomic E-state index is 14.0. The molecule has 2 heterocycles. The highest BCUT2D eigenvalue weighted by atomic mass is 19.4. The molecule has 4 aromatic rings. The van der Waals surface area contributed by atoms with Gasteiger partial charge in [-0.2, -0.15) is 18.3 Å². The number of anilines is 2. The molecule has 0 spiro atoms. The smallest absolute Gasteiger partial charge is 0.418 e. The van der Waals surface area contributed by atoms with E-state index in [1.165, 1.54) is 18.5 Å². The van der Waals surface area contributed by atoms with Gasteiger partial charge in [0.15, 0.2) is 5.65 Å². The minimum Gasteiger partial charge on any atom is -0.444 e. The number of benzene rings is 2. The van der Waals surface area contributed by atoms with Crippen molar-refractivity contribution in [3.63, 3.8) is 0 Å². The lowest BCUT2D eigenvalue weighted by molar-refractivity contribution is -0.136. The van der Waals surface area contributed by atoms with Crippen LogP contribution in [0.2, 0.25) is 0 Å². The fourth-order valence-corrected chi connectivity index (χ4v) is 4.51. The molecule has 1 fully saturated rings. The third-order valence-electron chi connectivity index (χ3n) is 6.24. The molecule has 3 N–H and O–H groups in total. The summed E-state index contributed by atoms with van der Waals surface area (Å²) in [7, 11) is 0. The Morgan fingerprint density at radius 1 is 1.11 bits per heavy atom. The Balaban J connectivity index is 1.49. The van der Waals surface area contributed by atoms with Crippen LogP contribution in [0.1, 0.15) is 42.9 Å². The largest absolute Gasteiger partial charge is 0.444 e. The van der Waals surface area contributed by atoms with Crippen LogP contribution in [0, 0.1) is 0 Å². The first-order chi connectivity index (χ1) is 17.3. The van der Waals surface area contributed by atoms with Gasteiger partial charge in [-0.25, -0.2) is 19.4 Å². The summed E-state index contributed by atoms with van der Waals surface area (Å²) in [4.78, 5) is 20.6. The molecule has 1 aliphatic carbocycles. The van der Waals surface area contributed by atoms with Gasteiger partial charge >= 0.3 is 12.3 Å². The van der Waals surface area contributed by atoms with Crippen LogP contribution in [0.25, 0.3) is 22.3 Å². The van der Waals surface area contributed by atoms with Gasteiger partial charge in [-0.3, -0.25) is 5.32 Å². The minimum absolute atomic E-state index is 0.0734. The number of carbonyl (C=O) groups is 1. The quantitative estimate of drug-likeness (QED) is 0.353. The van der Waals surface area contributed by atoms with E-state index in [-0.39, 0.29) is 29.7 Å². The van der Waals surface area contributed by atoms with E-state index >= 15 is 0 Å². The zero-order chi connectivity index (χ0) is 25.3. The van der Waals surface area contributed by atoms with E-state index in [1.54, 1.807) is 35.0 Å². The van der Waals surface area contributed by atoms with Crippen molar-refractivity contribution in [2.75, 3.05) is 11.1 Å². The summed E-state index contributed by atoms with van der Waals surface area (Å²) in [5.74, 6) is 0.138. The topological polar surface area (TPSA) is 108 Å². The van der Waals surface area contributed by atoms with Crippen LogP contribution in [0.5, 0.6) is 0 Å². The first-order valence-corrected chi connectivity index (χ1v) is 11.5. The van der Waals surface area contributed by atoms with Crippen LogP contribution in [0.4, 0.5) is 29.5 Å². The molecule has 0 atom stereocenters. The van der Waals surface area contributed by atoms with Crippen molar-refractivity contribution in [1.29, 1.82) is 0 Å². The molecule has 0 aliphatic heterocycles. The van der Waals surface area contributed by atoms with Crippen LogP contribution in [0.15, 0.2) is 54.9 Å². The maximum absolute atomic E-state index is 14.0. The second-order valence-corrected chi connectivity index (χ2v) is 8.63.